The van der Waals surface area contributed by atoms with Crippen LogP contribution in [0.25, 0.3) is 34.3 Å². The van der Waals surface area contributed by atoms with Gasteiger partial charge in [0.1, 0.15) is 22.8 Å². The fourth-order valence-corrected chi connectivity index (χ4v) is 2.22. The molecule has 7 heteroatoms. The van der Waals surface area contributed by atoms with Crippen LogP contribution >= 0.6 is 0 Å². The van der Waals surface area contributed by atoms with Crippen LogP contribution in [0.3, 0.4) is 0 Å². The van der Waals surface area contributed by atoms with E-state index in [0.29, 0.717) is 34.3 Å². The Balaban J connectivity index is 1.92. The molecule has 0 aromatic carbocycles. The predicted molar refractivity (Wildman–Crippen MR) is 87.3 cm³/mol. The minimum absolute atomic E-state index is 0.503. The van der Waals surface area contributed by atoms with Crippen LogP contribution in [0.1, 0.15) is 0 Å². The summed E-state index contributed by atoms with van der Waals surface area (Å²) in [6.45, 7) is 0. The van der Waals surface area contributed by atoms with Crippen LogP contribution in [0.5, 0.6) is 0 Å². The fraction of sp³-hybridized carbons (Fsp3) is 0. The van der Waals surface area contributed by atoms with Crippen LogP contribution in [0.15, 0.2) is 67.4 Å². The van der Waals surface area contributed by atoms with Gasteiger partial charge < -0.3 is 0 Å². The van der Waals surface area contributed by atoms with Gasteiger partial charge in [-0.2, -0.15) is 5.10 Å². The fourth-order valence-electron chi connectivity index (χ4n) is 2.22. The Morgan fingerprint density at radius 2 is 1.42 bits per heavy atom. The van der Waals surface area contributed by atoms with Crippen molar-refractivity contribution < 1.29 is 0 Å². The standard InChI is InChI=1S/C17H11N7/c1-2-7-18-12(5-1)15-16(13-6-3-10-22-24-13)23-14(11-21-15)17-19-8-4-9-20-17/h1-11H. The topological polar surface area (TPSA) is 90.2 Å². The van der Waals surface area contributed by atoms with Gasteiger partial charge in [0.25, 0.3) is 0 Å². The molecule has 4 rings (SSSR count). The van der Waals surface area contributed by atoms with E-state index in [4.69, 9.17) is 0 Å². The highest BCUT2D eigenvalue weighted by Gasteiger charge is 2.15. The van der Waals surface area contributed by atoms with Crippen LogP contribution in [0.4, 0.5) is 0 Å². The van der Waals surface area contributed by atoms with Gasteiger partial charge in [0.2, 0.25) is 0 Å². The third-order valence-electron chi connectivity index (χ3n) is 3.29. The summed E-state index contributed by atoms with van der Waals surface area (Å²) in [6.07, 6.45) is 8.30. The molecule has 0 radical (unpaired) electrons. The smallest absolute Gasteiger partial charge is 0.179 e. The van der Waals surface area contributed by atoms with Crippen molar-refractivity contribution in [1.82, 2.24) is 35.1 Å². The first-order valence-corrected chi connectivity index (χ1v) is 7.26. The van der Waals surface area contributed by atoms with E-state index >= 15 is 0 Å². The molecule has 7 nitrogen and oxygen atoms in total. The first kappa shape index (κ1) is 14.0. The molecule has 0 bridgehead atoms. The molecule has 0 fully saturated rings. The Hall–Kier alpha value is -3.61. The summed E-state index contributed by atoms with van der Waals surface area (Å²) in [5.41, 5.74) is 3.12. The van der Waals surface area contributed by atoms with Gasteiger partial charge in [-0.05, 0) is 30.3 Å². The maximum Gasteiger partial charge on any atom is 0.179 e. The van der Waals surface area contributed by atoms with Gasteiger partial charge in [-0.3, -0.25) is 4.98 Å². The van der Waals surface area contributed by atoms with Gasteiger partial charge in [0, 0.05) is 24.8 Å². The van der Waals surface area contributed by atoms with E-state index < -0.39 is 0 Å². The number of pyridine rings is 1. The Kier molecular flexibility index (Phi) is 3.65. The normalized spacial score (nSPS) is 10.5. The summed E-state index contributed by atoms with van der Waals surface area (Å²) in [7, 11) is 0. The molecule has 0 saturated carbocycles. The van der Waals surface area contributed by atoms with Gasteiger partial charge in [-0.1, -0.05) is 6.07 Å². The van der Waals surface area contributed by atoms with E-state index in [-0.39, 0.29) is 0 Å². The van der Waals surface area contributed by atoms with E-state index in [0.717, 1.165) is 0 Å². The molecule has 0 aliphatic heterocycles. The zero-order valence-electron chi connectivity index (χ0n) is 12.5. The highest BCUT2D eigenvalue weighted by atomic mass is 15.1. The van der Waals surface area contributed by atoms with Gasteiger partial charge in [0.15, 0.2) is 5.82 Å². The summed E-state index contributed by atoms with van der Waals surface area (Å²) in [4.78, 5) is 22.0. The molecule has 24 heavy (non-hydrogen) atoms. The van der Waals surface area contributed by atoms with Crippen LogP contribution in [-0.4, -0.2) is 35.1 Å². The summed E-state index contributed by atoms with van der Waals surface area (Å²) < 4.78 is 0. The summed E-state index contributed by atoms with van der Waals surface area (Å²) >= 11 is 0. The van der Waals surface area contributed by atoms with Crippen molar-refractivity contribution in [1.29, 1.82) is 0 Å². The van der Waals surface area contributed by atoms with Gasteiger partial charge in [0.05, 0.1) is 11.9 Å². The van der Waals surface area contributed by atoms with Crippen molar-refractivity contribution in [2.24, 2.45) is 0 Å². The second-order valence-electron chi connectivity index (χ2n) is 4.85. The summed E-state index contributed by atoms with van der Waals surface area (Å²) in [6, 6.07) is 11.0. The molecule has 0 aliphatic carbocycles. The third-order valence-corrected chi connectivity index (χ3v) is 3.29. The van der Waals surface area contributed by atoms with Crippen molar-refractivity contribution in [3.05, 3.63) is 67.4 Å². The lowest BCUT2D eigenvalue weighted by Gasteiger charge is -2.08. The Labute approximate surface area is 137 Å². The molecule has 0 amide bonds. The third kappa shape index (κ3) is 2.70. The van der Waals surface area contributed by atoms with Crippen molar-refractivity contribution in [3.8, 4) is 34.3 Å². The number of nitrogens with zero attached hydrogens (tertiary/aromatic N) is 7. The molecule has 0 unspecified atom stereocenters. The van der Waals surface area contributed by atoms with Crippen LogP contribution in [-0.2, 0) is 0 Å². The van der Waals surface area contributed by atoms with Crippen LogP contribution in [0, 0.1) is 0 Å². The lowest BCUT2D eigenvalue weighted by Crippen LogP contribution is -2.00. The molecule has 0 aliphatic rings. The second kappa shape index (κ2) is 6.25. The van der Waals surface area contributed by atoms with Gasteiger partial charge >= 0.3 is 0 Å². The minimum Gasteiger partial charge on any atom is -0.255 e. The van der Waals surface area contributed by atoms with E-state index in [1.54, 1.807) is 43.1 Å². The molecule has 0 saturated heterocycles. The maximum absolute atomic E-state index is 4.66. The average Bonchev–Trinajstić information content (AvgIpc) is 2.69. The zero-order valence-corrected chi connectivity index (χ0v) is 12.5. The molecule has 4 aromatic heterocycles. The van der Waals surface area contributed by atoms with E-state index in [1.807, 2.05) is 24.3 Å². The zero-order chi connectivity index (χ0) is 16.2. The molecule has 4 heterocycles. The van der Waals surface area contributed by atoms with Gasteiger partial charge in [-0.25, -0.2) is 19.9 Å². The average molecular weight is 313 g/mol. The number of hydrogen-bond donors (Lipinski definition) is 0. The monoisotopic (exact) mass is 313 g/mol. The lowest BCUT2D eigenvalue weighted by atomic mass is 10.1. The lowest BCUT2D eigenvalue weighted by molar-refractivity contribution is 1.02. The molecular formula is C17H11N7. The second-order valence-corrected chi connectivity index (χ2v) is 4.85. The molecule has 114 valence electrons. The highest BCUT2D eigenvalue weighted by Crippen LogP contribution is 2.27. The van der Waals surface area contributed by atoms with Crippen molar-refractivity contribution >= 4 is 0 Å². The molecule has 0 atom stereocenters. The van der Waals surface area contributed by atoms with Gasteiger partial charge in [-0.15, -0.1) is 5.10 Å². The Morgan fingerprint density at radius 1 is 0.583 bits per heavy atom. The van der Waals surface area contributed by atoms with Crippen molar-refractivity contribution in [2.75, 3.05) is 0 Å². The van der Waals surface area contributed by atoms with Crippen LogP contribution < -0.4 is 0 Å². The first-order valence-electron chi connectivity index (χ1n) is 7.26. The summed E-state index contributed by atoms with van der Waals surface area (Å²) in [5, 5.41) is 8.08. The molecule has 0 N–H and O–H groups in total. The van der Waals surface area contributed by atoms with Crippen LogP contribution in [0.2, 0.25) is 0 Å². The van der Waals surface area contributed by atoms with E-state index in [9.17, 15) is 0 Å². The number of aromatic nitrogens is 7. The Bertz CT molecular complexity index is 944. The number of hydrogen-bond acceptors (Lipinski definition) is 7. The predicted octanol–water partition coefficient (Wildman–Crippen LogP) is 2.45. The first-order chi connectivity index (χ1) is 11.9. The SMILES string of the molecule is c1ccc(-c2ncc(-c3ncccn3)nc2-c2cccnn2)nc1. The van der Waals surface area contributed by atoms with E-state index in [2.05, 4.69) is 35.1 Å². The van der Waals surface area contributed by atoms with Crippen molar-refractivity contribution in [2.45, 2.75) is 0 Å². The number of rotatable bonds is 3. The highest BCUT2D eigenvalue weighted by molar-refractivity contribution is 5.75. The Morgan fingerprint density at radius 3 is 2.17 bits per heavy atom. The molecular weight excluding hydrogens is 302 g/mol. The quantitative estimate of drug-likeness (QED) is 0.573. The minimum atomic E-state index is 0.503. The molecule has 0 spiro atoms. The largest absolute Gasteiger partial charge is 0.255 e. The van der Waals surface area contributed by atoms with Crippen molar-refractivity contribution in [3.63, 3.8) is 0 Å². The van der Waals surface area contributed by atoms with E-state index in [1.165, 1.54) is 0 Å². The molecule has 4 aromatic rings. The summed E-state index contributed by atoms with van der Waals surface area (Å²) in [5.74, 6) is 0.503. The maximum atomic E-state index is 4.66.